The Morgan fingerprint density at radius 3 is 2.42 bits per heavy atom. The molecule has 0 saturated heterocycles. The van der Waals surface area contributed by atoms with Crippen molar-refractivity contribution in [2.75, 3.05) is 0 Å². The molecule has 0 radical (unpaired) electrons. The highest BCUT2D eigenvalue weighted by Crippen LogP contribution is 2.36. The molecule has 0 fully saturated rings. The molecule has 0 aliphatic rings. The number of nitro groups is 1. The largest absolute Gasteiger partial charge is 0.456 e. The second-order valence-electron chi connectivity index (χ2n) is 5.55. The number of halogens is 4. The van der Waals surface area contributed by atoms with Crippen LogP contribution in [-0.2, 0) is 6.18 Å². The average molecular weight is 388 g/mol. The molecule has 0 heterocycles. The quantitative estimate of drug-likeness (QED) is 0.396. The fourth-order valence-corrected chi connectivity index (χ4v) is 2.36. The van der Waals surface area contributed by atoms with Crippen LogP contribution >= 0.6 is 11.6 Å². The average Bonchev–Trinajstić information content (AvgIpc) is 2.55. The number of Topliss-reactive ketones (excluding diaryl/α,β-unsaturated/α-hetero) is 1. The number of hydrogen-bond donors (Lipinski definition) is 0. The fraction of sp³-hybridized carbons (Fsp3) is 0.235. The lowest BCUT2D eigenvalue weighted by Crippen LogP contribution is -2.26. The summed E-state index contributed by atoms with van der Waals surface area (Å²) in [5.41, 5.74) is -0.321. The number of alkyl halides is 3. The van der Waals surface area contributed by atoms with Crippen LogP contribution < -0.4 is 4.74 Å². The SMILES string of the molecule is Cc1ccc(Oc2ccc(C(F)(F)F)cc2Cl)cc1C(=O)C(C)[N+](=O)[O-]. The van der Waals surface area contributed by atoms with Crippen molar-refractivity contribution >= 4 is 17.4 Å². The Morgan fingerprint density at radius 2 is 1.88 bits per heavy atom. The van der Waals surface area contributed by atoms with Crippen LogP contribution in [0.3, 0.4) is 0 Å². The molecule has 9 heteroatoms. The van der Waals surface area contributed by atoms with Gasteiger partial charge in [0.15, 0.2) is 0 Å². The van der Waals surface area contributed by atoms with E-state index in [0.29, 0.717) is 5.56 Å². The minimum atomic E-state index is -4.54. The first-order chi connectivity index (χ1) is 12.0. The first kappa shape index (κ1) is 19.7. The Hall–Kier alpha value is -2.61. The van der Waals surface area contributed by atoms with Crippen LogP contribution in [0.4, 0.5) is 13.2 Å². The van der Waals surface area contributed by atoms with E-state index >= 15 is 0 Å². The molecule has 1 atom stereocenters. The topological polar surface area (TPSA) is 69.4 Å². The lowest BCUT2D eigenvalue weighted by Gasteiger charge is -2.13. The molecular formula is C17H13ClF3NO4. The first-order valence-electron chi connectivity index (χ1n) is 7.33. The zero-order valence-corrected chi connectivity index (χ0v) is 14.4. The standard InChI is InChI=1S/C17H13ClF3NO4/c1-9-3-5-12(8-13(9)16(23)10(2)22(24)25)26-15-6-4-11(7-14(15)18)17(19,20)21/h3-8,10H,1-2H3. The van der Waals surface area contributed by atoms with Crippen molar-refractivity contribution in [3.63, 3.8) is 0 Å². The number of nitrogens with zero attached hydrogens (tertiary/aromatic N) is 1. The lowest BCUT2D eigenvalue weighted by atomic mass is 10.0. The second kappa shape index (κ2) is 7.33. The molecular weight excluding hydrogens is 375 g/mol. The van der Waals surface area contributed by atoms with Crippen LogP contribution in [0.2, 0.25) is 5.02 Å². The summed E-state index contributed by atoms with van der Waals surface area (Å²) < 4.78 is 43.4. The maximum absolute atomic E-state index is 12.7. The van der Waals surface area contributed by atoms with Crippen LogP contribution in [0, 0.1) is 17.0 Å². The van der Waals surface area contributed by atoms with E-state index < -0.39 is 28.5 Å². The number of hydrogen-bond acceptors (Lipinski definition) is 4. The summed E-state index contributed by atoms with van der Waals surface area (Å²) in [5, 5.41) is 10.5. The van der Waals surface area contributed by atoms with Gasteiger partial charge in [0.25, 0.3) is 6.04 Å². The molecule has 26 heavy (non-hydrogen) atoms. The van der Waals surface area contributed by atoms with Crippen molar-refractivity contribution in [2.24, 2.45) is 0 Å². The zero-order chi connectivity index (χ0) is 19.6. The van der Waals surface area contributed by atoms with E-state index in [9.17, 15) is 28.1 Å². The van der Waals surface area contributed by atoms with E-state index in [4.69, 9.17) is 16.3 Å². The summed E-state index contributed by atoms with van der Waals surface area (Å²) in [5.74, 6) is -0.614. The Balaban J connectivity index is 2.33. The summed E-state index contributed by atoms with van der Waals surface area (Å²) >= 11 is 5.83. The molecule has 138 valence electrons. The Kier molecular flexibility index (Phi) is 5.56. The summed E-state index contributed by atoms with van der Waals surface area (Å²) in [6.07, 6.45) is -4.54. The van der Waals surface area contributed by atoms with Crippen LogP contribution in [-0.4, -0.2) is 16.7 Å². The summed E-state index contributed by atoms with van der Waals surface area (Å²) in [7, 11) is 0. The van der Waals surface area contributed by atoms with Crippen LogP contribution in [0.5, 0.6) is 11.5 Å². The van der Waals surface area contributed by atoms with E-state index in [2.05, 4.69) is 0 Å². The number of rotatable bonds is 5. The van der Waals surface area contributed by atoms with E-state index in [0.717, 1.165) is 18.2 Å². The van der Waals surface area contributed by atoms with Gasteiger partial charge in [0.1, 0.15) is 11.5 Å². The van der Waals surface area contributed by atoms with Gasteiger partial charge in [-0.25, -0.2) is 0 Å². The van der Waals surface area contributed by atoms with Gasteiger partial charge in [-0.2, -0.15) is 13.2 Å². The molecule has 1 unspecified atom stereocenters. The number of ether oxygens (including phenoxy) is 1. The Bertz CT molecular complexity index is 868. The van der Waals surface area contributed by atoms with Gasteiger partial charge in [0, 0.05) is 17.4 Å². The van der Waals surface area contributed by atoms with Gasteiger partial charge >= 0.3 is 6.18 Å². The number of carbonyl (C=O) groups is 1. The third kappa shape index (κ3) is 4.32. The van der Waals surface area contributed by atoms with E-state index in [1.54, 1.807) is 6.92 Å². The van der Waals surface area contributed by atoms with Crippen molar-refractivity contribution < 1.29 is 27.6 Å². The first-order valence-corrected chi connectivity index (χ1v) is 7.71. The van der Waals surface area contributed by atoms with Crippen LogP contribution in [0.25, 0.3) is 0 Å². The maximum Gasteiger partial charge on any atom is 0.416 e. The van der Waals surface area contributed by atoms with Gasteiger partial charge in [-0.3, -0.25) is 14.9 Å². The smallest absolute Gasteiger partial charge is 0.416 e. The number of aryl methyl sites for hydroxylation is 1. The molecule has 0 saturated carbocycles. The molecule has 0 N–H and O–H groups in total. The molecule has 2 aromatic carbocycles. The minimum absolute atomic E-state index is 0.0377. The highest BCUT2D eigenvalue weighted by atomic mass is 35.5. The normalized spacial score (nSPS) is 12.5. The predicted octanol–water partition coefficient (Wildman–Crippen LogP) is 5.31. The molecule has 0 bridgehead atoms. The number of benzene rings is 2. The van der Waals surface area contributed by atoms with Gasteiger partial charge in [-0.15, -0.1) is 0 Å². The predicted molar refractivity (Wildman–Crippen MR) is 88.5 cm³/mol. The Labute approximate surface area is 151 Å². The third-order valence-electron chi connectivity index (χ3n) is 3.66. The van der Waals surface area contributed by atoms with Gasteiger partial charge in [-0.1, -0.05) is 17.7 Å². The fourth-order valence-electron chi connectivity index (χ4n) is 2.14. The van der Waals surface area contributed by atoms with Gasteiger partial charge in [0.05, 0.1) is 10.6 Å². The molecule has 5 nitrogen and oxygen atoms in total. The van der Waals surface area contributed by atoms with Gasteiger partial charge in [0.2, 0.25) is 5.78 Å². The molecule has 0 amide bonds. The molecule has 0 spiro atoms. The molecule has 2 rings (SSSR count). The lowest BCUT2D eigenvalue weighted by molar-refractivity contribution is -0.500. The van der Waals surface area contributed by atoms with Gasteiger partial charge in [-0.05, 0) is 42.8 Å². The Morgan fingerprint density at radius 1 is 1.23 bits per heavy atom. The van der Waals surface area contributed by atoms with Crippen molar-refractivity contribution in [3.05, 3.63) is 68.2 Å². The highest BCUT2D eigenvalue weighted by Gasteiger charge is 2.31. The second-order valence-corrected chi connectivity index (χ2v) is 5.95. The van der Waals surface area contributed by atoms with E-state index in [-0.39, 0.29) is 22.1 Å². The third-order valence-corrected chi connectivity index (χ3v) is 3.95. The summed E-state index contributed by atoms with van der Waals surface area (Å²) in [6, 6.07) is 5.48. The zero-order valence-electron chi connectivity index (χ0n) is 13.6. The van der Waals surface area contributed by atoms with Crippen molar-refractivity contribution in [1.82, 2.24) is 0 Å². The summed E-state index contributed by atoms with van der Waals surface area (Å²) in [4.78, 5) is 22.3. The van der Waals surface area contributed by atoms with E-state index in [1.165, 1.54) is 25.1 Å². The van der Waals surface area contributed by atoms with Crippen LogP contribution in [0.15, 0.2) is 36.4 Å². The molecule has 2 aromatic rings. The van der Waals surface area contributed by atoms with Crippen molar-refractivity contribution in [3.8, 4) is 11.5 Å². The number of carbonyl (C=O) groups excluding carboxylic acids is 1. The number of ketones is 1. The van der Waals surface area contributed by atoms with Crippen LogP contribution in [0.1, 0.15) is 28.4 Å². The minimum Gasteiger partial charge on any atom is -0.456 e. The van der Waals surface area contributed by atoms with Crippen molar-refractivity contribution in [1.29, 1.82) is 0 Å². The highest BCUT2D eigenvalue weighted by molar-refractivity contribution is 6.32. The molecule has 0 aliphatic heterocycles. The molecule has 0 aromatic heterocycles. The van der Waals surface area contributed by atoms with Gasteiger partial charge < -0.3 is 4.74 Å². The molecule has 0 aliphatic carbocycles. The monoisotopic (exact) mass is 387 g/mol. The summed E-state index contributed by atoms with van der Waals surface area (Å²) in [6.45, 7) is 2.77. The maximum atomic E-state index is 12.7. The van der Waals surface area contributed by atoms with E-state index in [1.807, 2.05) is 0 Å². The van der Waals surface area contributed by atoms with Crippen molar-refractivity contribution in [2.45, 2.75) is 26.1 Å².